The number of hydrogen-bond acceptors (Lipinski definition) is 2. The van der Waals surface area contributed by atoms with Crippen molar-refractivity contribution in [1.82, 2.24) is 5.32 Å². The van der Waals surface area contributed by atoms with Gasteiger partial charge >= 0.3 is 0 Å². The fourth-order valence-electron chi connectivity index (χ4n) is 3.49. The SMILES string of the molecule is Cc1ccc(C2CNC3(CCC(C)CC3)CO2)cc1C. The van der Waals surface area contributed by atoms with Gasteiger partial charge < -0.3 is 10.1 Å². The molecule has 20 heavy (non-hydrogen) atoms. The van der Waals surface area contributed by atoms with Crippen LogP contribution >= 0.6 is 0 Å². The predicted molar refractivity (Wildman–Crippen MR) is 83.0 cm³/mol. The van der Waals surface area contributed by atoms with E-state index < -0.39 is 0 Å². The quantitative estimate of drug-likeness (QED) is 0.837. The molecule has 1 aliphatic heterocycles. The molecule has 1 aliphatic carbocycles. The number of nitrogens with one attached hydrogen (secondary N) is 1. The normalized spacial score (nSPS) is 34.4. The predicted octanol–water partition coefficient (Wildman–Crippen LogP) is 3.91. The summed E-state index contributed by atoms with van der Waals surface area (Å²) in [4.78, 5) is 0. The van der Waals surface area contributed by atoms with Gasteiger partial charge in [0.05, 0.1) is 12.7 Å². The first kappa shape index (κ1) is 14.1. The van der Waals surface area contributed by atoms with Gasteiger partial charge in [0.2, 0.25) is 0 Å². The van der Waals surface area contributed by atoms with Gasteiger partial charge in [-0.25, -0.2) is 0 Å². The van der Waals surface area contributed by atoms with Gasteiger partial charge in [-0.2, -0.15) is 0 Å². The van der Waals surface area contributed by atoms with Gasteiger partial charge in [-0.05, 0) is 62.1 Å². The number of hydrogen-bond donors (Lipinski definition) is 1. The fourth-order valence-corrected chi connectivity index (χ4v) is 3.49. The average molecular weight is 273 g/mol. The summed E-state index contributed by atoms with van der Waals surface area (Å²) in [7, 11) is 0. The second-order valence-corrected chi connectivity index (χ2v) is 6.99. The van der Waals surface area contributed by atoms with Crippen LogP contribution < -0.4 is 5.32 Å². The Bertz CT molecular complexity index is 464. The van der Waals surface area contributed by atoms with E-state index in [1.54, 1.807) is 0 Å². The summed E-state index contributed by atoms with van der Waals surface area (Å²) in [6.07, 6.45) is 5.44. The molecule has 1 atom stereocenters. The molecular formula is C18H27NO. The molecule has 110 valence electrons. The molecule has 3 rings (SSSR count). The third-order valence-corrected chi connectivity index (χ3v) is 5.36. The van der Waals surface area contributed by atoms with E-state index in [2.05, 4.69) is 44.3 Å². The average Bonchev–Trinajstić information content (AvgIpc) is 2.46. The largest absolute Gasteiger partial charge is 0.370 e. The highest BCUT2D eigenvalue weighted by Gasteiger charge is 2.38. The number of benzene rings is 1. The van der Waals surface area contributed by atoms with Gasteiger partial charge in [-0.1, -0.05) is 25.1 Å². The molecule has 1 aromatic rings. The zero-order valence-corrected chi connectivity index (χ0v) is 13.0. The minimum Gasteiger partial charge on any atom is -0.370 e. The molecule has 1 spiro atoms. The van der Waals surface area contributed by atoms with Crippen LogP contribution in [0.5, 0.6) is 0 Å². The monoisotopic (exact) mass is 273 g/mol. The number of aryl methyl sites for hydroxylation is 2. The summed E-state index contributed by atoms with van der Waals surface area (Å²) in [6, 6.07) is 6.71. The lowest BCUT2D eigenvalue weighted by Gasteiger charge is -2.45. The van der Waals surface area contributed by atoms with Gasteiger partial charge in [-0.15, -0.1) is 0 Å². The molecule has 1 saturated heterocycles. The van der Waals surface area contributed by atoms with Crippen LogP contribution in [-0.4, -0.2) is 18.7 Å². The molecule has 1 saturated carbocycles. The maximum absolute atomic E-state index is 6.22. The van der Waals surface area contributed by atoms with E-state index in [9.17, 15) is 0 Å². The van der Waals surface area contributed by atoms with Gasteiger partial charge in [0.1, 0.15) is 0 Å². The van der Waals surface area contributed by atoms with E-state index in [0.717, 1.165) is 19.1 Å². The summed E-state index contributed by atoms with van der Waals surface area (Å²) in [6.45, 7) is 8.54. The first-order valence-electron chi connectivity index (χ1n) is 8.02. The number of morpholine rings is 1. The smallest absolute Gasteiger partial charge is 0.0950 e. The summed E-state index contributed by atoms with van der Waals surface area (Å²) < 4.78 is 6.22. The Labute approximate surface area is 122 Å². The van der Waals surface area contributed by atoms with Crippen LogP contribution in [0.4, 0.5) is 0 Å². The van der Waals surface area contributed by atoms with Crippen molar-refractivity contribution in [2.45, 2.75) is 58.1 Å². The lowest BCUT2D eigenvalue weighted by Crippen LogP contribution is -2.56. The van der Waals surface area contributed by atoms with Crippen molar-refractivity contribution in [1.29, 1.82) is 0 Å². The Balaban J connectivity index is 1.65. The summed E-state index contributed by atoms with van der Waals surface area (Å²) >= 11 is 0. The Morgan fingerprint density at radius 1 is 1.15 bits per heavy atom. The zero-order chi connectivity index (χ0) is 14.2. The first-order valence-corrected chi connectivity index (χ1v) is 8.02. The molecule has 0 bridgehead atoms. The van der Waals surface area contributed by atoms with E-state index in [0.29, 0.717) is 0 Å². The zero-order valence-electron chi connectivity index (χ0n) is 13.0. The second-order valence-electron chi connectivity index (χ2n) is 6.99. The van der Waals surface area contributed by atoms with Crippen molar-refractivity contribution >= 4 is 0 Å². The maximum Gasteiger partial charge on any atom is 0.0950 e. The molecule has 0 radical (unpaired) electrons. The van der Waals surface area contributed by atoms with Crippen LogP contribution in [0.25, 0.3) is 0 Å². The van der Waals surface area contributed by atoms with Crippen LogP contribution in [0, 0.1) is 19.8 Å². The van der Waals surface area contributed by atoms with Crippen molar-refractivity contribution in [2.75, 3.05) is 13.2 Å². The van der Waals surface area contributed by atoms with Crippen LogP contribution in [0.15, 0.2) is 18.2 Å². The topological polar surface area (TPSA) is 21.3 Å². The molecule has 1 aromatic carbocycles. The van der Waals surface area contributed by atoms with Gasteiger partial charge in [0.25, 0.3) is 0 Å². The van der Waals surface area contributed by atoms with Crippen molar-refractivity contribution in [2.24, 2.45) is 5.92 Å². The molecule has 1 heterocycles. The Morgan fingerprint density at radius 2 is 1.90 bits per heavy atom. The molecule has 0 amide bonds. The van der Waals surface area contributed by atoms with Crippen LogP contribution in [0.3, 0.4) is 0 Å². The molecule has 2 heteroatoms. The number of ether oxygens (including phenoxy) is 1. The van der Waals surface area contributed by atoms with Crippen LogP contribution in [-0.2, 0) is 4.74 Å². The van der Waals surface area contributed by atoms with Crippen molar-refractivity contribution in [3.63, 3.8) is 0 Å². The van der Waals surface area contributed by atoms with Crippen LogP contribution in [0.2, 0.25) is 0 Å². The summed E-state index contributed by atoms with van der Waals surface area (Å²) in [5.41, 5.74) is 4.30. The molecule has 0 aromatic heterocycles. The first-order chi connectivity index (χ1) is 9.58. The lowest BCUT2D eigenvalue weighted by molar-refractivity contribution is -0.0504. The third-order valence-electron chi connectivity index (χ3n) is 5.36. The molecule has 2 nitrogen and oxygen atoms in total. The van der Waals surface area contributed by atoms with Gasteiger partial charge in [0, 0.05) is 12.1 Å². The Morgan fingerprint density at radius 3 is 2.50 bits per heavy atom. The minimum atomic E-state index is 0.222. The van der Waals surface area contributed by atoms with Gasteiger partial charge in [-0.3, -0.25) is 0 Å². The second kappa shape index (κ2) is 5.50. The van der Waals surface area contributed by atoms with E-state index in [-0.39, 0.29) is 11.6 Å². The van der Waals surface area contributed by atoms with E-state index in [4.69, 9.17) is 4.74 Å². The van der Waals surface area contributed by atoms with Crippen molar-refractivity contribution in [3.8, 4) is 0 Å². The van der Waals surface area contributed by atoms with Crippen molar-refractivity contribution in [3.05, 3.63) is 34.9 Å². The van der Waals surface area contributed by atoms with Gasteiger partial charge in [0.15, 0.2) is 0 Å². The van der Waals surface area contributed by atoms with Crippen molar-refractivity contribution < 1.29 is 4.74 Å². The third kappa shape index (κ3) is 2.77. The highest BCUT2D eigenvalue weighted by Crippen LogP contribution is 2.36. The fraction of sp³-hybridized carbons (Fsp3) is 0.667. The van der Waals surface area contributed by atoms with E-state index >= 15 is 0 Å². The van der Waals surface area contributed by atoms with Crippen LogP contribution in [0.1, 0.15) is 55.4 Å². The molecule has 1 unspecified atom stereocenters. The molecular weight excluding hydrogens is 246 g/mol. The standard InChI is InChI=1S/C18H27NO/c1-13-6-8-18(9-7-13)12-20-17(11-19-18)16-5-4-14(2)15(3)10-16/h4-5,10,13,17,19H,6-9,11-12H2,1-3H3. The maximum atomic E-state index is 6.22. The van der Waals surface area contributed by atoms with E-state index in [1.807, 2.05) is 0 Å². The summed E-state index contributed by atoms with van der Waals surface area (Å²) in [5.74, 6) is 0.889. The number of rotatable bonds is 1. The van der Waals surface area contributed by atoms with E-state index in [1.165, 1.54) is 42.4 Å². The molecule has 2 fully saturated rings. The highest BCUT2D eigenvalue weighted by molar-refractivity contribution is 5.31. The summed E-state index contributed by atoms with van der Waals surface area (Å²) in [5, 5.41) is 3.81. The Kier molecular flexibility index (Phi) is 3.87. The lowest BCUT2D eigenvalue weighted by atomic mass is 9.77. The Hall–Kier alpha value is -0.860. The molecule has 1 N–H and O–H groups in total. The minimum absolute atomic E-state index is 0.222. The molecule has 2 aliphatic rings. The highest BCUT2D eigenvalue weighted by atomic mass is 16.5.